The minimum absolute atomic E-state index is 0.184. The second-order valence-corrected chi connectivity index (χ2v) is 5.34. The Morgan fingerprint density at radius 2 is 1.79 bits per heavy atom. The lowest BCUT2D eigenvalue weighted by atomic mass is 10.2. The molecule has 1 rings (SSSR count). The molecule has 0 aromatic heterocycles. The summed E-state index contributed by atoms with van der Waals surface area (Å²) < 4.78 is 5.06. The second kappa shape index (κ2) is 6.43. The first-order valence-electron chi connectivity index (χ1n) is 5.78. The predicted molar refractivity (Wildman–Crippen MR) is 74.3 cm³/mol. The van der Waals surface area contributed by atoms with E-state index in [2.05, 4.69) is 10.6 Å². The van der Waals surface area contributed by atoms with Crippen molar-refractivity contribution in [3.05, 3.63) is 29.3 Å². The number of anilines is 1. The monoisotopic (exact) mass is 284 g/mol. The molecule has 0 saturated carbocycles. The van der Waals surface area contributed by atoms with E-state index >= 15 is 0 Å². The van der Waals surface area contributed by atoms with Crippen LogP contribution in [0.3, 0.4) is 0 Å². The minimum atomic E-state index is -0.564. The smallest absolute Gasteiger partial charge is 0.325 e. The molecule has 6 heteroatoms. The van der Waals surface area contributed by atoms with Gasteiger partial charge in [0, 0.05) is 10.7 Å². The summed E-state index contributed by atoms with van der Waals surface area (Å²) in [4.78, 5) is 22.9. The Morgan fingerprint density at radius 1 is 1.21 bits per heavy atom. The number of urea groups is 1. The summed E-state index contributed by atoms with van der Waals surface area (Å²) in [5, 5.41) is 5.56. The summed E-state index contributed by atoms with van der Waals surface area (Å²) in [6.45, 7) is 5.10. The summed E-state index contributed by atoms with van der Waals surface area (Å²) in [5.41, 5.74) is 0.0249. The Kier molecular flexibility index (Phi) is 5.18. The van der Waals surface area contributed by atoms with E-state index in [-0.39, 0.29) is 6.54 Å². The first-order valence-corrected chi connectivity index (χ1v) is 6.16. The maximum absolute atomic E-state index is 11.5. The number of benzene rings is 1. The third-order valence-corrected chi connectivity index (χ3v) is 2.17. The number of amides is 2. The van der Waals surface area contributed by atoms with Crippen LogP contribution in [0.2, 0.25) is 5.02 Å². The minimum Gasteiger partial charge on any atom is -0.459 e. The molecule has 1 aromatic rings. The number of halogens is 1. The lowest BCUT2D eigenvalue weighted by molar-refractivity contribution is -0.153. The summed E-state index contributed by atoms with van der Waals surface area (Å²) in [5.74, 6) is -0.487. The molecule has 0 radical (unpaired) electrons. The molecule has 2 N–H and O–H groups in total. The summed E-state index contributed by atoms with van der Waals surface area (Å²) in [7, 11) is 0. The highest BCUT2D eigenvalue weighted by molar-refractivity contribution is 6.30. The van der Waals surface area contributed by atoms with Crippen molar-refractivity contribution >= 4 is 29.3 Å². The molecule has 0 unspecified atom stereocenters. The molecule has 0 aliphatic heterocycles. The van der Waals surface area contributed by atoms with Crippen molar-refractivity contribution < 1.29 is 14.3 Å². The van der Waals surface area contributed by atoms with Crippen LogP contribution in [0.5, 0.6) is 0 Å². The second-order valence-electron chi connectivity index (χ2n) is 4.90. The molecular weight excluding hydrogens is 268 g/mol. The van der Waals surface area contributed by atoms with Gasteiger partial charge in [0.1, 0.15) is 12.1 Å². The van der Waals surface area contributed by atoms with E-state index in [0.29, 0.717) is 10.7 Å². The van der Waals surface area contributed by atoms with Gasteiger partial charge in [-0.2, -0.15) is 0 Å². The van der Waals surface area contributed by atoms with Gasteiger partial charge in [0.2, 0.25) is 0 Å². The number of carbonyl (C=O) groups is 2. The molecule has 1 aromatic carbocycles. The van der Waals surface area contributed by atoms with Gasteiger partial charge in [0.05, 0.1) is 0 Å². The van der Waals surface area contributed by atoms with Gasteiger partial charge >= 0.3 is 12.0 Å². The van der Waals surface area contributed by atoms with Crippen LogP contribution in [-0.4, -0.2) is 24.1 Å². The molecule has 0 saturated heterocycles. The average Bonchev–Trinajstić information content (AvgIpc) is 2.27. The molecule has 0 atom stereocenters. The first kappa shape index (κ1) is 15.3. The largest absolute Gasteiger partial charge is 0.459 e. The molecule has 0 aliphatic rings. The Hall–Kier alpha value is -1.75. The number of hydrogen-bond donors (Lipinski definition) is 2. The molecule has 5 nitrogen and oxygen atoms in total. The summed E-state index contributed by atoms with van der Waals surface area (Å²) >= 11 is 5.72. The molecule has 0 spiro atoms. The normalized spacial score (nSPS) is 10.7. The van der Waals surface area contributed by atoms with E-state index in [9.17, 15) is 9.59 Å². The van der Waals surface area contributed by atoms with E-state index in [4.69, 9.17) is 16.3 Å². The van der Waals surface area contributed by atoms with Crippen molar-refractivity contribution in [2.45, 2.75) is 26.4 Å². The van der Waals surface area contributed by atoms with E-state index < -0.39 is 17.6 Å². The van der Waals surface area contributed by atoms with Gasteiger partial charge in [-0.15, -0.1) is 0 Å². The van der Waals surface area contributed by atoms with Gasteiger partial charge in [-0.05, 0) is 45.0 Å². The van der Waals surface area contributed by atoms with Gasteiger partial charge in [-0.1, -0.05) is 11.6 Å². The number of esters is 1. The first-order chi connectivity index (χ1) is 8.76. The average molecular weight is 285 g/mol. The van der Waals surface area contributed by atoms with Gasteiger partial charge in [0.25, 0.3) is 0 Å². The van der Waals surface area contributed by atoms with Crippen LogP contribution in [0.1, 0.15) is 20.8 Å². The van der Waals surface area contributed by atoms with Crippen molar-refractivity contribution in [1.82, 2.24) is 5.32 Å². The van der Waals surface area contributed by atoms with Crippen molar-refractivity contribution in [1.29, 1.82) is 0 Å². The Morgan fingerprint density at radius 3 is 2.32 bits per heavy atom. The van der Waals surface area contributed by atoms with Crippen LogP contribution in [0, 0.1) is 0 Å². The van der Waals surface area contributed by atoms with Crippen molar-refractivity contribution in [3.8, 4) is 0 Å². The standard InChI is InChI=1S/C13H17ClN2O3/c1-13(2,3)19-11(17)8-15-12(18)16-10-6-4-9(14)5-7-10/h4-7H,8H2,1-3H3,(H2,15,16,18). The SMILES string of the molecule is CC(C)(C)OC(=O)CNC(=O)Nc1ccc(Cl)cc1. The van der Waals surface area contributed by atoms with Crippen molar-refractivity contribution in [2.75, 3.05) is 11.9 Å². The van der Waals surface area contributed by atoms with Crippen LogP contribution in [-0.2, 0) is 9.53 Å². The summed E-state index contributed by atoms with van der Waals surface area (Å²) in [6.07, 6.45) is 0. The highest BCUT2D eigenvalue weighted by Gasteiger charge is 2.16. The molecule has 0 aliphatic carbocycles. The quantitative estimate of drug-likeness (QED) is 0.839. The number of nitrogens with one attached hydrogen (secondary N) is 2. The maximum Gasteiger partial charge on any atom is 0.325 e. The highest BCUT2D eigenvalue weighted by atomic mass is 35.5. The molecule has 19 heavy (non-hydrogen) atoms. The number of carbonyl (C=O) groups excluding carboxylic acids is 2. The third kappa shape index (κ3) is 6.67. The van der Waals surface area contributed by atoms with Crippen LogP contribution < -0.4 is 10.6 Å². The molecule has 0 fully saturated rings. The van der Waals surface area contributed by atoms with Gasteiger partial charge in [-0.25, -0.2) is 4.79 Å². The number of hydrogen-bond acceptors (Lipinski definition) is 3. The topological polar surface area (TPSA) is 67.4 Å². The molecule has 104 valence electrons. The van der Waals surface area contributed by atoms with Crippen LogP contribution in [0.25, 0.3) is 0 Å². The zero-order chi connectivity index (χ0) is 14.5. The zero-order valence-corrected chi connectivity index (χ0v) is 11.9. The third-order valence-electron chi connectivity index (χ3n) is 1.92. The fourth-order valence-corrected chi connectivity index (χ4v) is 1.36. The van der Waals surface area contributed by atoms with Crippen LogP contribution in [0.4, 0.5) is 10.5 Å². The lowest BCUT2D eigenvalue weighted by Crippen LogP contribution is -2.36. The fourth-order valence-electron chi connectivity index (χ4n) is 1.24. The van der Waals surface area contributed by atoms with Gasteiger partial charge in [0.15, 0.2) is 0 Å². The van der Waals surface area contributed by atoms with Crippen molar-refractivity contribution in [2.24, 2.45) is 0 Å². The van der Waals surface area contributed by atoms with Crippen LogP contribution in [0.15, 0.2) is 24.3 Å². The zero-order valence-electron chi connectivity index (χ0n) is 11.1. The molecule has 2 amide bonds. The number of ether oxygens (including phenoxy) is 1. The van der Waals surface area contributed by atoms with E-state index in [1.165, 1.54) is 0 Å². The Bertz CT molecular complexity index is 452. The van der Waals surface area contributed by atoms with Crippen LogP contribution >= 0.6 is 11.6 Å². The summed E-state index contributed by atoms with van der Waals surface area (Å²) in [6, 6.07) is 6.16. The molecule has 0 bridgehead atoms. The maximum atomic E-state index is 11.5. The predicted octanol–water partition coefficient (Wildman–Crippen LogP) is 2.80. The van der Waals surface area contributed by atoms with E-state index in [0.717, 1.165) is 0 Å². The molecule has 0 heterocycles. The number of rotatable bonds is 3. The van der Waals surface area contributed by atoms with Gasteiger partial charge < -0.3 is 15.4 Å². The van der Waals surface area contributed by atoms with Crippen molar-refractivity contribution in [3.63, 3.8) is 0 Å². The van der Waals surface area contributed by atoms with E-state index in [1.807, 2.05) is 0 Å². The molecular formula is C13H17ClN2O3. The highest BCUT2D eigenvalue weighted by Crippen LogP contribution is 2.13. The van der Waals surface area contributed by atoms with E-state index in [1.54, 1.807) is 45.0 Å². The lowest BCUT2D eigenvalue weighted by Gasteiger charge is -2.19. The Balaban J connectivity index is 2.36. The Labute approximate surface area is 117 Å². The van der Waals surface area contributed by atoms with Gasteiger partial charge in [-0.3, -0.25) is 4.79 Å². The fraction of sp³-hybridized carbons (Fsp3) is 0.385.